The van der Waals surface area contributed by atoms with Crippen LogP contribution < -0.4 is 0 Å². The molecule has 11 heavy (non-hydrogen) atoms. The molecule has 0 N–H and O–H groups in total. The van der Waals surface area contributed by atoms with Gasteiger partial charge < -0.3 is 9.47 Å². The highest BCUT2D eigenvalue weighted by Gasteiger charge is 2.32. The Labute approximate surface area is 65.7 Å². The zero-order valence-corrected chi connectivity index (χ0v) is 6.42. The molecule has 0 bridgehead atoms. The summed E-state index contributed by atoms with van der Waals surface area (Å²) < 4.78 is 9.23. The lowest BCUT2D eigenvalue weighted by atomic mass is 10.4. The Kier molecular flexibility index (Phi) is 2.94. The molecule has 1 rings (SSSR count). The second-order valence-corrected chi connectivity index (χ2v) is 2.27. The van der Waals surface area contributed by atoms with Gasteiger partial charge in [0.2, 0.25) is 0 Å². The maximum absolute atomic E-state index is 10.7. The van der Waals surface area contributed by atoms with Crippen molar-refractivity contribution in [2.24, 2.45) is 0 Å². The summed E-state index contributed by atoms with van der Waals surface area (Å²) in [6.07, 6.45) is 3.73. The third-order valence-electron chi connectivity index (χ3n) is 1.20. The molecule has 0 radical (unpaired) electrons. The normalized spacial score (nSPS) is 19.9. The van der Waals surface area contributed by atoms with Crippen molar-refractivity contribution in [1.82, 2.24) is 0 Å². The first kappa shape index (κ1) is 8.09. The lowest BCUT2D eigenvalue weighted by Crippen LogP contribution is -2.07. The minimum atomic E-state index is -0.367. The van der Waals surface area contributed by atoms with Gasteiger partial charge in [-0.05, 0) is 6.42 Å². The number of carbonyl (C=O) groups is 1. The number of rotatable bonds is 2. The van der Waals surface area contributed by atoms with Crippen LogP contribution in [0.3, 0.4) is 0 Å². The van der Waals surface area contributed by atoms with Crippen molar-refractivity contribution in [2.45, 2.75) is 25.9 Å². The van der Waals surface area contributed by atoms with Crippen LogP contribution in [0.1, 0.15) is 19.8 Å². The molecule has 0 spiro atoms. The molecule has 1 unspecified atom stereocenters. The average molecular weight is 154 g/mol. The molecular weight excluding hydrogens is 144 g/mol. The number of epoxide rings is 1. The Morgan fingerprint density at radius 3 is 3.09 bits per heavy atom. The fourth-order valence-electron chi connectivity index (χ4n) is 0.512. The lowest BCUT2D eigenvalue weighted by Gasteiger charge is -1.87. The number of esters is 1. The van der Waals surface area contributed by atoms with E-state index in [0.717, 1.165) is 12.8 Å². The van der Waals surface area contributed by atoms with Gasteiger partial charge in [0, 0.05) is 6.42 Å². The van der Waals surface area contributed by atoms with Gasteiger partial charge >= 0.3 is 5.97 Å². The Hall–Kier alpha value is -1.01. The van der Waals surface area contributed by atoms with Crippen LogP contribution in [-0.4, -0.2) is 18.7 Å². The molecular formula is C8H10O3. The van der Waals surface area contributed by atoms with Gasteiger partial charge in [0.05, 0.1) is 6.61 Å². The summed E-state index contributed by atoms with van der Waals surface area (Å²) in [6.45, 7) is 2.49. The van der Waals surface area contributed by atoms with Gasteiger partial charge in [0.1, 0.15) is 6.11 Å². The van der Waals surface area contributed by atoms with Crippen LogP contribution in [0.5, 0.6) is 0 Å². The maximum atomic E-state index is 10.7. The van der Waals surface area contributed by atoms with Gasteiger partial charge in [-0.1, -0.05) is 12.8 Å². The third-order valence-corrected chi connectivity index (χ3v) is 1.20. The second-order valence-electron chi connectivity index (χ2n) is 2.27. The molecule has 1 heterocycles. The number of hydrogen-bond donors (Lipinski definition) is 0. The zero-order valence-electron chi connectivity index (χ0n) is 6.42. The molecule has 1 fully saturated rings. The Morgan fingerprint density at radius 1 is 1.82 bits per heavy atom. The first-order valence-electron chi connectivity index (χ1n) is 3.64. The molecule has 0 amide bonds. The van der Waals surface area contributed by atoms with Gasteiger partial charge in [0.15, 0.2) is 6.10 Å². The van der Waals surface area contributed by atoms with Gasteiger partial charge in [-0.2, -0.15) is 0 Å². The maximum Gasteiger partial charge on any atom is 0.351 e. The molecule has 1 aliphatic heterocycles. The summed E-state index contributed by atoms with van der Waals surface area (Å²) in [7, 11) is 0. The first-order valence-corrected chi connectivity index (χ1v) is 3.64. The standard InChI is InChI=1S/C8H10O3/c1-2-3-4-5-10-8(9)7-6-11-7/h7H,2-3,6H2,1H3. The number of unbranched alkanes of at least 4 members (excludes halogenated alkanes) is 1. The van der Waals surface area contributed by atoms with Gasteiger partial charge in [-0.25, -0.2) is 4.79 Å². The van der Waals surface area contributed by atoms with Gasteiger partial charge in [0.25, 0.3) is 0 Å². The fraction of sp³-hybridized carbons (Fsp3) is 0.625. The van der Waals surface area contributed by atoms with Crippen LogP contribution in [0.4, 0.5) is 0 Å². The molecule has 0 aromatic carbocycles. The highest BCUT2D eigenvalue weighted by atomic mass is 16.6. The van der Waals surface area contributed by atoms with Crippen molar-refractivity contribution in [3.63, 3.8) is 0 Å². The Bertz CT molecular complexity index is 195. The molecule has 0 aromatic heterocycles. The van der Waals surface area contributed by atoms with Crippen molar-refractivity contribution >= 4 is 5.97 Å². The second kappa shape index (κ2) is 3.99. The average Bonchev–Trinajstić information content (AvgIpc) is 2.79. The van der Waals surface area contributed by atoms with Crippen LogP contribution in [0, 0.1) is 12.0 Å². The Morgan fingerprint density at radius 2 is 2.55 bits per heavy atom. The minimum Gasteiger partial charge on any atom is -0.370 e. The van der Waals surface area contributed by atoms with E-state index < -0.39 is 0 Å². The zero-order chi connectivity index (χ0) is 8.10. The molecule has 3 nitrogen and oxygen atoms in total. The number of hydrogen-bond acceptors (Lipinski definition) is 3. The summed E-state index contributed by atoms with van der Waals surface area (Å²) in [4.78, 5) is 10.7. The van der Waals surface area contributed by atoms with Gasteiger partial charge in [-0.15, -0.1) is 0 Å². The fourth-order valence-corrected chi connectivity index (χ4v) is 0.512. The van der Waals surface area contributed by atoms with E-state index in [4.69, 9.17) is 0 Å². The number of carbonyl (C=O) groups excluding carboxylic acids is 1. The van der Waals surface area contributed by atoms with Crippen LogP contribution in [0.25, 0.3) is 0 Å². The summed E-state index contributed by atoms with van der Waals surface area (Å²) in [5.74, 6) is 2.33. The van der Waals surface area contributed by atoms with Crippen molar-refractivity contribution in [2.75, 3.05) is 6.61 Å². The van der Waals surface area contributed by atoms with Crippen molar-refractivity contribution in [3.8, 4) is 12.0 Å². The molecule has 1 saturated heterocycles. The minimum absolute atomic E-state index is 0.342. The van der Waals surface area contributed by atoms with E-state index in [-0.39, 0.29) is 12.1 Å². The lowest BCUT2D eigenvalue weighted by molar-refractivity contribution is -0.138. The summed E-state index contributed by atoms with van der Waals surface area (Å²) in [5.41, 5.74) is 0. The largest absolute Gasteiger partial charge is 0.370 e. The van der Waals surface area contributed by atoms with Crippen LogP contribution in [0.15, 0.2) is 0 Å². The molecule has 60 valence electrons. The molecule has 3 heteroatoms. The van der Waals surface area contributed by atoms with E-state index >= 15 is 0 Å². The molecule has 0 saturated carbocycles. The highest BCUT2D eigenvalue weighted by molar-refractivity contribution is 5.77. The van der Waals surface area contributed by atoms with Crippen molar-refractivity contribution < 1.29 is 14.3 Å². The van der Waals surface area contributed by atoms with Crippen molar-refractivity contribution in [3.05, 3.63) is 0 Å². The van der Waals surface area contributed by atoms with Crippen LogP contribution in [-0.2, 0) is 14.3 Å². The van der Waals surface area contributed by atoms with E-state index in [2.05, 4.69) is 21.5 Å². The summed E-state index contributed by atoms with van der Waals surface area (Å²) in [5, 5.41) is 0. The highest BCUT2D eigenvalue weighted by Crippen LogP contribution is 2.09. The van der Waals surface area contributed by atoms with Crippen molar-refractivity contribution in [1.29, 1.82) is 0 Å². The molecule has 0 aromatic rings. The quantitative estimate of drug-likeness (QED) is 0.333. The summed E-state index contributed by atoms with van der Waals surface area (Å²) >= 11 is 0. The summed E-state index contributed by atoms with van der Waals surface area (Å²) in [6, 6.07) is 0. The monoisotopic (exact) mass is 154 g/mol. The van der Waals surface area contributed by atoms with E-state index in [1.165, 1.54) is 0 Å². The van der Waals surface area contributed by atoms with E-state index in [1.54, 1.807) is 0 Å². The molecule has 1 atom stereocenters. The molecule has 0 aliphatic carbocycles. The van der Waals surface area contributed by atoms with Crippen LogP contribution >= 0.6 is 0 Å². The predicted octanol–water partition coefficient (Wildman–Crippen LogP) is 0.689. The van der Waals surface area contributed by atoms with E-state index in [0.29, 0.717) is 6.61 Å². The first-order chi connectivity index (χ1) is 5.34. The topological polar surface area (TPSA) is 38.8 Å². The number of ether oxygens (including phenoxy) is 2. The predicted molar refractivity (Wildman–Crippen MR) is 38.5 cm³/mol. The van der Waals surface area contributed by atoms with E-state index in [1.807, 2.05) is 6.92 Å². The SMILES string of the molecule is CCCC#COC(=O)C1CO1. The third kappa shape index (κ3) is 3.06. The van der Waals surface area contributed by atoms with Gasteiger partial charge in [-0.3, -0.25) is 0 Å². The smallest absolute Gasteiger partial charge is 0.351 e. The van der Waals surface area contributed by atoms with E-state index in [9.17, 15) is 4.79 Å². The van der Waals surface area contributed by atoms with Crippen LogP contribution in [0.2, 0.25) is 0 Å². The Balaban J connectivity index is 2.11. The molecule has 1 aliphatic rings.